The maximum atomic E-state index is 13.4. The van der Waals surface area contributed by atoms with Gasteiger partial charge in [-0.1, -0.05) is 17.4 Å². The topological polar surface area (TPSA) is 61.4 Å². The predicted octanol–water partition coefficient (Wildman–Crippen LogP) is 3.36. The molecule has 0 saturated carbocycles. The third-order valence-electron chi connectivity index (χ3n) is 5.23. The van der Waals surface area contributed by atoms with Crippen LogP contribution in [0, 0.1) is 25.2 Å². The summed E-state index contributed by atoms with van der Waals surface area (Å²) in [5.41, 5.74) is 4.42. The molecule has 0 spiro atoms. The lowest BCUT2D eigenvalue weighted by Crippen LogP contribution is -3.12. The molecule has 0 fully saturated rings. The van der Waals surface area contributed by atoms with Crippen molar-refractivity contribution in [1.29, 1.82) is 5.26 Å². The molecular weight excluding hydrogens is 380 g/mol. The SMILES string of the molecule is CC[NH+](CC)CCN(C(=O)c1ccc(C#N)cc1)c1nc2cc(C)cc(C)c2s1. The molecule has 0 atom stereocenters. The van der Waals surface area contributed by atoms with Gasteiger partial charge in [0, 0.05) is 5.56 Å². The van der Waals surface area contributed by atoms with Crippen LogP contribution in [0.25, 0.3) is 10.2 Å². The van der Waals surface area contributed by atoms with Crippen LogP contribution < -0.4 is 9.80 Å². The lowest BCUT2D eigenvalue weighted by Gasteiger charge is -2.23. The van der Waals surface area contributed by atoms with Gasteiger partial charge in [-0.25, -0.2) is 4.98 Å². The van der Waals surface area contributed by atoms with E-state index in [-0.39, 0.29) is 5.91 Å². The highest BCUT2D eigenvalue weighted by atomic mass is 32.1. The second-order valence-electron chi connectivity index (χ2n) is 7.28. The molecule has 0 bridgehead atoms. The Morgan fingerprint density at radius 2 is 1.86 bits per heavy atom. The number of fused-ring (bicyclic) bond motifs is 1. The normalized spacial score (nSPS) is 11.0. The van der Waals surface area contributed by atoms with Crippen LogP contribution in [-0.2, 0) is 0 Å². The monoisotopic (exact) mass is 407 g/mol. The number of nitrogens with zero attached hydrogens (tertiary/aromatic N) is 3. The van der Waals surface area contributed by atoms with Gasteiger partial charge in [-0.2, -0.15) is 5.26 Å². The molecule has 150 valence electrons. The lowest BCUT2D eigenvalue weighted by molar-refractivity contribution is -0.894. The summed E-state index contributed by atoms with van der Waals surface area (Å²) in [6.45, 7) is 12.0. The predicted molar refractivity (Wildman–Crippen MR) is 119 cm³/mol. The van der Waals surface area contributed by atoms with Crippen molar-refractivity contribution in [1.82, 2.24) is 4.98 Å². The summed E-state index contributed by atoms with van der Waals surface area (Å²) in [5, 5.41) is 9.76. The van der Waals surface area contributed by atoms with Crippen LogP contribution in [0.4, 0.5) is 5.13 Å². The number of nitrogens with one attached hydrogen (secondary N) is 1. The Bertz CT molecular complexity index is 1050. The number of likely N-dealkylation sites (N-methyl/N-ethyl adjacent to an activating group) is 1. The van der Waals surface area contributed by atoms with E-state index in [0.717, 1.165) is 35.0 Å². The van der Waals surface area contributed by atoms with Gasteiger partial charge in [-0.3, -0.25) is 9.69 Å². The minimum atomic E-state index is -0.0746. The fourth-order valence-electron chi connectivity index (χ4n) is 3.48. The number of aryl methyl sites for hydroxylation is 2. The van der Waals surface area contributed by atoms with Gasteiger partial charge >= 0.3 is 0 Å². The molecule has 5 nitrogen and oxygen atoms in total. The third-order valence-corrected chi connectivity index (χ3v) is 6.46. The number of anilines is 1. The minimum absolute atomic E-state index is 0.0746. The maximum Gasteiger partial charge on any atom is 0.260 e. The van der Waals surface area contributed by atoms with Gasteiger partial charge in [0.1, 0.15) is 0 Å². The van der Waals surface area contributed by atoms with Crippen LogP contribution >= 0.6 is 11.3 Å². The molecule has 0 radical (unpaired) electrons. The molecule has 2 aromatic carbocycles. The Morgan fingerprint density at radius 1 is 1.17 bits per heavy atom. The Balaban J connectivity index is 1.99. The van der Waals surface area contributed by atoms with Crippen LogP contribution in [-0.4, -0.2) is 37.1 Å². The molecule has 1 aromatic heterocycles. The number of amides is 1. The van der Waals surface area contributed by atoms with E-state index in [1.807, 2.05) is 0 Å². The first-order valence-corrected chi connectivity index (χ1v) is 10.8. The first-order valence-electron chi connectivity index (χ1n) is 10.00. The van der Waals surface area contributed by atoms with Gasteiger partial charge in [0.25, 0.3) is 5.91 Å². The van der Waals surface area contributed by atoms with E-state index in [0.29, 0.717) is 17.7 Å². The van der Waals surface area contributed by atoms with Crippen molar-refractivity contribution in [2.45, 2.75) is 27.7 Å². The highest BCUT2D eigenvalue weighted by Crippen LogP contribution is 2.32. The molecule has 29 heavy (non-hydrogen) atoms. The highest BCUT2D eigenvalue weighted by molar-refractivity contribution is 7.22. The van der Waals surface area contributed by atoms with Crippen LogP contribution in [0.1, 0.15) is 40.9 Å². The Morgan fingerprint density at radius 3 is 2.48 bits per heavy atom. The average molecular weight is 408 g/mol. The first-order chi connectivity index (χ1) is 14.0. The number of carbonyl (C=O) groups excluding carboxylic acids is 1. The number of benzene rings is 2. The van der Waals surface area contributed by atoms with Crippen LogP contribution in [0.15, 0.2) is 36.4 Å². The number of hydrogen-bond donors (Lipinski definition) is 1. The van der Waals surface area contributed by atoms with Crippen molar-refractivity contribution in [2.75, 3.05) is 31.1 Å². The van der Waals surface area contributed by atoms with Crippen LogP contribution in [0.5, 0.6) is 0 Å². The van der Waals surface area contributed by atoms with Gasteiger partial charge in [0.15, 0.2) is 5.13 Å². The molecule has 0 unspecified atom stereocenters. The molecule has 0 saturated heterocycles. The molecule has 0 aliphatic carbocycles. The highest BCUT2D eigenvalue weighted by Gasteiger charge is 2.23. The van der Waals surface area contributed by atoms with Crippen molar-refractivity contribution in [3.63, 3.8) is 0 Å². The molecule has 6 heteroatoms. The van der Waals surface area contributed by atoms with Crippen molar-refractivity contribution in [3.8, 4) is 6.07 Å². The van der Waals surface area contributed by atoms with Crippen LogP contribution in [0.3, 0.4) is 0 Å². The summed E-state index contributed by atoms with van der Waals surface area (Å²) in [4.78, 5) is 21.4. The largest absolute Gasteiger partial charge is 0.334 e. The van der Waals surface area contributed by atoms with Crippen LogP contribution in [0.2, 0.25) is 0 Å². The minimum Gasteiger partial charge on any atom is -0.334 e. The summed E-state index contributed by atoms with van der Waals surface area (Å²) in [6.07, 6.45) is 0. The number of carbonyl (C=O) groups is 1. The zero-order chi connectivity index (χ0) is 21.0. The fraction of sp³-hybridized carbons (Fsp3) is 0.348. The molecule has 3 rings (SSSR count). The fourth-order valence-corrected chi connectivity index (χ4v) is 4.52. The summed E-state index contributed by atoms with van der Waals surface area (Å²) < 4.78 is 1.12. The molecule has 0 aliphatic heterocycles. The van der Waals surface area contributed by atoms with E-state index in [4.69, 9.17) is 10.2 Å². The van der Waals surface area contributed by atoms with Crippen molar-refractivity contribution >= 4 is 32.6 Å². The van der Waals surface area contributed by atoms with Gasteiger partial charge in [-0.15, -0.1) is 0 Å². The zero-order valence-corrected chi connectivity index (χ0v) is 18.3. The standard InChI is InChI=1S/C23H26N4OS/c1-5-26(6-2)11-12-27(22(28)19-9-7-18(15-24)8-10-19)23-25-20-14-16(3)13-17(4)21(20)29-23/h7-10,13-14H,5-6,11-12H2,1-4H3/p+1. The molecule has 1 amide bonds. The number of rotatable bonds is 7. The summed E-state index contributed by atoms with van der Waals surface area (Å²) in [7, 11) is 0. The quantitative estimate of drug-likeness (QED) is 0.653. The number of thiazole rings is 1. The molecule has 1 N–H and O–H groups in total. The maximum absolute atomic E-state index is 13.4. The zero-order valence-electron chi connectivity index (χ0n) is 17.5. The van der Waals surface area contributed by atoms with Crippen molar-refractivity contribution in [2.24, 2.45) is 0 Å². The van der Waals surface area contributed by atoms with Crippen molar-refractivity contribution < 1.29 is 9.69 Å². The molecule has 1 heterocycles. The summed E-state index contributed by atoms with van der Waals surface area (Å²) >= 11 is 1.57. The van der Waals surface area contributed by atoms with E-state index < -0.39 is 0 Å². The number of aromatic nitrogens is 1. The first kappa shape index (κ1) is 21.0. The molecular formula is C23H27N4OS+. The molecule has 3 aromatic rings. The second-order valence-corrected chi connectivity index (χ2v) is 8.26. The Hall–Kier alpha value is -2.75. The molecule has 0 aliphatic rings. The van der Waals surface area contributed by atoms with E-state index in [2.05, 4.69) is 45.9 Å². The smallest absolute Gasteiger partial charge is 0.260 e. The number of quaternary nitrogens is 1. The van der Waals surface area contributed by atoms with Gasteiger partial charge in [-0.05, 0) is 69.2 Å². The van der Waals surface area contributed by atoms with E-state index >= 15 is 0 Å². The Labute approximate surface area is 176 Å². The second kappa shape index (κ2) is 9.17. The van der Waals surface area contributed by atoms with E-state index in [1.165, 1.54) is 16.0 Å². The van der Waals surface area contributed by atoms with Crippen molar-refractivity contribution in [3.05, 3.63) is 58.7 Å². The van der Waals surface area contributed by atoms with Gasteiger partial charge < -0.3 is 4.90 Å². The number of nitriles is 1. The Kier molecular flexibility index (Phi) is 6.63. The third kappa shape index (κ3) is 4.64. The average Bonchev–Trinajstić information content (AvgIpc) is 3.15. The van der Waals surface area contributed by atoms with E-state index in [1.54, 1.807) is 40.5 Å². The summed E-state index contributed by atoms with van der Waals surface area (Å²) in [6, 6.07) is 13.1. The van der Waals surface area contributed by atoms with E-state index in [9.17, 15) is 4.79 Å². The van der Waals surface area contributed by atoms with Gasteiger partial charge in [0.05, 0.1) is 48.0 Å². The number of hydrogen-bond acceptors (Lipinski definition) is 4. The lowest BCUT2D eigenvalue weighted by atomic mass is 10.1. The van der Waals surface area contributed by atoms with Gasteiger partial charge in [0.2, 0.25) is 0 Å². The summed E-state index contributed by atoms with van der Waals surface area (Å²) in [5.74, 6) is -0.0746.